The lowest BCUT2D eigenvalue weighted by Gasteiger charge is -2.10. The maximum atomic E-state index is 7.08. The van der Waals surface area contributed by atoms with Crippen molar-refractivity contribution in [2.75, 3.05) is 26.2 Å². The summed E-state index contributed by atoms with van der Waals surface area (Å²) in [7, 11) is 0. The zero-order chi connectivity index (χ0) is 6.91. The van der Waals surface area contributed by atoms with E-state index in [1.807, 2.05) is 0 Å². The molecule has 1 heterocycles. The van der Waals surface area contributed by atoms with Gasteiger partial charge in [0.1, 0.15) is 0 Å². The molecule has 0 saturated carbocycles. The highest BCUT2D eigenvalue weighted by molar-refractivity contribution is 4.49. The van der Waals surface area contributed by atoms with Gasteiger partial charge in [0.2, 0.25) is 0 Å². The van der Waals surface area contributed by atoms with E-state index >= 15 is 0 Å². The molecule has 0 aromatic carbocycles. The second-order valence-corrected chi connectivity index (χ2v) is 1.06. The topological polar surface area (TPSA) is 21.3 Å². The first-order valence-corrected chi connectivity index (χ1v) is 1.92. The molecule has 0 radical (unpaired) electrons. The molecule has 0 spiro atoms. The Morgan fingerprint density at radius 3 is 3.33 bits per heavy atom. The van der Waals surface area contributed by atoms with Crippen LogP contribution in [0.1, 0.15) is 4.11 Å². The molecule has 1 atom stereocenters. The van der Waals surface area contributed by atoms with Crippen molar-refractivity contribution in [2.45, 2.75) is 0 Å². The number of rotatable bonds is 0. The van der Waals surface area contributed by atoms with E-state index in [0.717, 1.165) is 0 Å². The number of morpholine rings is 1. The van der Waals surface area contributed by atoms with Gasteiger partial charge < -0.3 is 10.1 Å². The molecule has 1 fully saturated rings. The predicted molar refractivity (Wildman–Crippen MR) is 23.7 cm³/mol. The van der Waals surface area contributed by atoms with Crippen molar-refractivity contribution in [2.24, 2.45) is 0 Å². The van der Waals surface area contributed by atoms with Crippen LogP contribution in [0.15, 0.2) is 0 Å². The summed E-state index contributed by atoms with van der Waals surface area (Å²) in [4.78, 5) is 0. The fourth-order valence-corrected chi connectivity index (χ4v) is 0.324. The number of nitrogens with one attached hydrogen (secondary N) is 1. The monoisotopic (exact) mass is 90.1 g/mol. The summed E-state index contributed by atoms with van der Waals surface area (Å²) in [5.41, 5.74) is 0. The van der Waals surface area contributed by atoms with Crippen molar-refractivity contribution < 1.29 is 8.85 Å². The van der Waals surface area contributed by atoms with E-state index in [1.165, 1.54) is 0 Å². The third kappa shape index (κ3) is 0.954. The van der Waals surface area contributed by atoms with Crippen molar-refractivity contribution in [1.82, 2.24) is 5.32 Å². The molecule has 1 aliphatic heterocycles. The Bertz CT molecular complexity index is 108. The Hall–Kier alpha value is -0.0800. The highest BCUT2D eigenvalue weighted by atomic mass is 16.5. The van der Waals surface area contributed by atoms with Crippen LogP contribution in [0.4, 0.5) is 0 Å². The van der Waals surface area contributed by atoms with Crippen molar-refractivity contribution >= 4 is 0 Å². The molecule has 0 amide bonds. The second-order valence-electron chi connectivity index (χ2n) is 1.06. The standard InChI is InChI=1S/C4H9NO/c1-3-6-4-2-5-1/h5H,1-4H2/i1D2,3D. The summed E-state index contributed by atoms with van der Waals surface area (Å²) in [6.07, 6.45) is 0. The Kier molecular flexibility index (Phi) is 0.648. The lowest BCUT2D eigenvalue weighted by Crippen LogP contribution is -2.30. The SMILES string of the molecule is [2H]C1OCCNC1([2H])[2H]. The van der Waals surface area contributed by atoms with Gasteiger partial charge in [-0.25, -0.2) is 0 Å². The van der Waals surface area contributed by atoms with Gasteiger partial charge >= 0.3 is 0 Å². The van der Waals surface area contributed by atoms with Crippen LogP contribution in [0.5, 0.6) is 0 Å². The molecule has 36 valence electrons. The van der Waals surface area contributed by atoms with Crippen LogP contribution < -0.4 is 5.32 Å². The molecule has 6 heavy (non-hydrogen) atoms. The van der Waals surface area contributed by atoms with Gasteiger partial charge in [-0.15, -0.1) is 0 Å². The van der Waals surface area contributed by atoms with Crippen LogP contribution in [-0.2, 0) is 4.74 Å². The molecule has 1 N–H and O–H groups in total. The number of hydrogen-bond donors (Lipinski definition) is 1. The fourth-order valence-electron chi connectivity index (χ4n) is 0.324. The quantitative estimate of drug-likeness (QED) is 0.437. The first-order chi connectivity index (χ1) is 4.13. The van der Waals surface area contributed by atoms with E-state index in [9.17, 15) is 0 Å². The predicted octanol–water partition coefficient (Wildman–Crippen LogP) is -0.394. The molecule has 0 aliphatic carbocycles. The van der Waals surface area contributed by atoms with E-state index in [1.54, 1.807) is 0 Å². The van der Waals surface area contributed by atoms with Gasteiger partial charge in [0.25, 0.3) is 0 Å². The maximum Gasteiger partial charge on any atom is 0.0591 e. The lowest BCUT2D eigenvalue weighted by atomic mass is 10.5. The summed E-state index contributed by atoms with van der Waals surface area (Å²) < 4.78 is 25.9. The molecule has 1 saturated heterocycles. The van der Waals surface area contributed by atoms with Crippen LogP contribution >= 0.6 is 0 Å². The second kappa shape index (κ2) is 2.16. The van der Waals surface area contributed by atoms with E-state index < -0.39 is 13.1 Å². The van der Waals surface area contributed by atoms with Crippen LogP contribution in [0.25, 0.3) is 0 Å². The highest BCUT2D eigenvalue weighted by Crippen LogP contribution is 1.76. The van der Waals surface area contributed by atoms with Gasteiger partial charge in [-0.2, -0.15) is 0 Å². The average Bonchev–Trinajstić information content (AvgIpc) is 1.77. The third-order valence-corrected chi connectivity index (χ3v) is 0.589. The van der Waals surface area contributed by atoms with Crippen LogP contribution in [0, 0.1) is 0 Å². The Balaban J connectivity index is 2.49. The average molecular weight is 90.1 g/mol. The molecule has 2 heteroatoms. The van der Waals surface area contributed by atoms with Crippen molar-refractivity contribution in [3.63, 3.8) is 0 Å². The summed E-state index contributed by atoms with van der Waals surface area (Å²) >= 11 is 0. The minimum absolute atomic E-state index is 0.424. The van der Waals surface area contributed by atoms with E-state index in [4.69, 9.17) is 8.85 Å². The third-order valence-electron chi connectivity index (χ3n) is 0.589. The maximum absolute atomic E-state index is 7.08. The smallest absolute Gasteiger partial charge is 0.0591 e. The normalized spacial score (nSPS) is 52.0. The molecule has 0 aromatic heterocycles. The van der Waals surface area contributed by atoms with Gasteiger partial charge in [0.15, 0.2) is 0 Å². The largest absolute Gasteiger partial charge is 0.379 e. The molecule has 1 unspecified atom stereocenters. The lowest BCUT2D eigenvalue weighted by molar-refractivity contribution is 0.109. The van der Waals surface area contributed by atoms with Gasteiger partial charge in [0.05, 0.1) is 14.6 Å². The zero-order valence-corrected chi connectivity index (χ0v) is 3.40. The van der Waals surface area contributed by atoms with E-state index in [2.05, 4.69) is 5.32 Å². The molecule has 1 aliphatic rings. The summed E-state index contributed by atoms with van der Waals surface area (Å²) in [5.74, 6) is 0. The molecular formula is C4H9NO. The highest BCUT2D eigenvalue weighted by Gasteiger charge is 1.92. The van der Waals surface area contributed by atoms with Crippen molar-refractivity contribution in [1.29, 1.82) is 0 Å². The molecule has 1 rings (SSSR count). The van der Waals surface area contributed by atoms with Gasteiger partial charge in [0, 0.05) is 15.8 Å². The summed E-state index contributed by atoms with van der Waals surface area (Å²) in [5, 5.41) is 2.53. The molecule has 0 bridgehead atoms. The first-order valence-electron chi connectivity index (χ1n) is 3.49. The van der Waals surface area contributed by atoms with Crippen molar-refractivity contribution in [3.05, 3.63) is 0 Å². The Morgan fingerprint density at radius 2 is 2.83 bits per heavy atom. The first kappa shape index (κ1) is 1.80. The summed E-state index contributed by atoms with van der Waals surface area (Å²) in [6.45, 7) is -1.83. The summed E-state index contributed by atoms with van der Waals surface area (Å²) in [6, 6.07) is 0. The van der Waals surface area contributed by atoms with Gasteiger partial charge in [-0.3, -0.25) is 0 Å². The minimum atomic E-state index is -1.67. The van der Waals surface area contributed by atoms with E-state index in [-0.39, 0.29) is 0 Å². The molecule has 2 nitrogen and oxygen atoms in total. The Labute approximate surface area is 41.7 Å². The van der Waals surface area contributed by atoms with E-state index in [0.29, 0.717) is 13.2 Å². The van der Waals surface area contributed by atoms with Crippen molar-refractivity contribution in [3.8, 4) is 0 Å². The number of ether oxygens (including phenoxy) is 1. The fraction of sp³-hybridized carbons (Fsp3) is 1.00. The van der Waals surface area contributed by atoms with Crippen LogP contribution in [0.3, 0.4) is 0 Å². The zero-order valence-electron chi connectivity index (χ0n) is 6.40. The molecular weight excluding hydrogens is 78.0 g/mol. The Morgan fingerprint density at radius 1 is 1.83 bits per heavy atom. The number of hydrogen-bond acceptors (Lipinski definition) is 2. The van der Waals surface area contributed by atoms with Gasteiger partial charge in [-0.05, 0) is 0 Å². The van der Waals surface area contributed by atoms with Gasteiger partial charge in [-0.1, -0.05) is 0 Å². The van der Waals surface area contributed by atoms with Crippen LogP contribution in [-0.4, -0.2) is 26.2 Å². The van der Waals surface area contributed by atoms with Crippen LogP contribution in [0.2, 0.25) is 0 Å². The molecule has 0 aromatic rings. The minimum Gasteiger partial charge on any atom is -0.379 e.